The van der Waals surface area contributed by atoms with Crippen molar-refractivity contribution in [2.75, 3.05) is 12.3 Å². The van der Waals surface area contributed by atoms with Crippen LogP contribution in [0.25, 0.3) is 0 Å². The molecule has 0 aliphatic rings. The summed E-state index contributed by atoms with van der Waals surface area (Å²) in [7, 11) is 0. The van der Waals surface area contributed by atoms with Crippen LogP contribution in [0, 0.1) is 0 Å². The van der Waals surface area contributed by atoms with Crippen molar-refractivity contribution in [1.82, 2.24) is 5.32 Å². The molecule has 4 nitrogen and oxygen atoms in total. The van der Waals surface area contributed by atoms with E-state index in [0.717, 1.165) is 10.0 Å². The molecular weight excluding hydrogens is 320 g/mol. The van der Waals surface area contributed by atoms with Gasteiger partial charge < -0.3 is 16.2 Å². The van der Waals surface area contributed by atoms with Crippen molar-refractivity contribution in [2.24, 2.45) is 0 Å². The lowest BCUT2D eigenvalue weighted by atomic mass is 10.1. The molecule has 1 amide bonds. The number of carbonyl (C=O) groups is 1. The molecule has 0 aliphatic heterocycles. The summed E-state index contributed by atoms with van der Waals surface area (Å²) >= 11 is 3.27. The molecule has 0 heterocycles. The Hall–Kier alpha value is -1.85. The highest BCUT2D eigenvalue weighted by Crippen LogP contribution is 2.20. The topological polar surface area (TPSA) is 75.4 Å². The molecule has 0 bridgehead atoms. The zero-order chi connectivity index (χ0) is 14.5. The van der Waals surface area contributed by atoms with E-state index < -0.39 is 6.10 Å². The van der Waals surface area contributed by atoms with Crippen LogP contribution in [0.4, 0.5) is 5.69 Å². The second-order valence-corrected chi connectivity index (χ2v) is 5.23. The summed E-state index contributed by atoms with van der Waals surface area (Å²) in [6.45, 7) is 0.152. The Bertz CT molecular complexity index is 602. The number of amides is 1. The maximum atomic E-state index is 12.0. The summed E-state index contributed by atoms with van der Waals surface area (Å²) in [6.07, 6.45) is -0.729. The average Bonchev–Trinajstić information content (AvgIpc) is 2.48. The first-order valence-corrected chi connectivity index (χ1v) is 6.93. The molecule has 0 aromatic heterocycles. The molecule has 104 valence electrons. The van der Waals surface area contributed by atoms with Gasteiger partial charge in [0.25, 0.3) is 5.91 Å². The average molecular weight is 335 g/mol. The highest BCUT2D eigenvalue weighted by atomic mass is 79.9. The highest BCUT2D eigenvalue weighted by molar-refractivity contribution is 9.10. The quantitative estimate of drug-likeness (QED) is 0.752. The second kappa shape index (κ2) is 6.54. The Morgan fingerprint density at radius 2 is 1.95 bits per heavy atom. The summed E-state index contributed by atoms with van der Waals surface area (Å²) in [5, 5.41) is 12.7. The summed E-state index contributed by atoms with van der Waals surface area (Å²) in [6, 6.07) is 14.2. The number of hydrogen-bond donors (Lipinski definition) is 3. The molecule has 0 radical (unpaired) electrons. The molecule has 5 heteroatoms. The summed E-state index contributed by atoms with van der Waals surface area (Å²) < 4.78 is 0.748. The maximum absolute atomic E-state index is 12.0. The number of anilines is 1. The zero-order valence-electron chi connectivity index (χ0n) is 10.7. The largest absolute Gasteiger partial charge is 0.398 e. The van der Waals surface area contributed by atoms with Crippen LogP contribution in [-0.2, 0) is 0 Å². The van der Waals surface area contributed by atoms with E-state index in [-0.39, 0.29) is 12.5 Å². The Labute approximate surface area is 125 Å². The van der Waals surface area contributed by atoms with E-state index >= 15 is 0 Å². The SMILES string of the molecule is Nc1cc(C(=O)NCC(O)c2ccccc2)ccc1Br. The smallest absolute Gasteiger partial charge is 0.251 e. The van der Waals surface area contributed by atoms with Crippen molar-refractivity contribution in [3.05, 3.63) is 64.1 Å². The molecule has 1 unspecified atom stereocenters. The summed E-state index contributed by atoms with van der Waals surface area (Å²) in [4.78, 5) is 12.0. The van der Waals surface area contributed by atoms with Gasteiger partial charge >= 0.3 is 0 Å². The summed E-state index contributed by atoms with van der Waals surface area (Å²) in [5.41, 5.74) is 7.46. The lowest BCUT2D eigenvalue weighted by Gasteiger charge is -2.12. The number of rotatable bonds is 4. The van der Waals surface area contributed by atoms with Gasteiger partial charge in [0.15, 0.2) is 0 Å². The molecule has 0 saturated carbocycles. The molecule has 2 aromatic rings. The van der Waals surface area contributed by atoms with Gasteiger partial charge in [-0.05, 0) is 39.7 Å². The molecule has 0 fully saturated rings. The van der Waals surface area contributed by atoms with Crippen molar-refractivity contribution >= 4 is 27.5 Å². The molecule has 2 aromatic carbocycles. The number of aliphatic hydroxyl groups is 1. The van der Waals surface area contributed by atoms with Gasteiger partial charge in [-0.3, -0.25) is 4.79 Å². The van der Waals surface area contributed by atoms with Gasteiger partial charge in [0.05, 0.1) is 6.10 Å². The van der Waals surface area contributed by atoms with E-state index in [9.17, 15) is 9.90 Å². The number of nitrogens with one attached hydrogen (secondary N) is 1. The van der Waals surface area contributed by atoms with Gasteiger partial charge in [0.1, 0.15) is 0 Å². The third-order valence-corrected chi connectivity index (χ3v) is 3.62. The van der Waals surface area contributed by atoms with Crippen LogP contribution in [0.5, 0.6) is 0 Å². The van der Waals surface area contributed by atoms with E-state index in [4.69, 9.17) is 5.73 Å². The van der Waals surface area contributed by atoms with Crippen molar-refractivity contribution in [3.63, 3.8) is 0 Å². The molecular formula is C15H15BrN2O2. The minimum Gasteiger partial charge on any atom is -0.398 e. The van der Waals surface area contributed by atoms with Gasteiger partial charge in [0.2, 0.25) is 0 Å². The predicted octanol–water partition coefficient (Wildman–Crippen LogP) is 2.49. The van der Waals surface area contributed by atoms with Gasteiger partial charge in [0, 0.05) is 22.3 Å². The molecule has 20 heavy (non-hydrogen) atoms. The normalized spacial score (nSPS) is 11.9. The van der Waals surface area contributed by atoms with Crippen LogP contribution in [0.2, 0.25) is 0 Å². The van der Waals surface area contributed by atoms with Gasteiger partial charge in [-0.25, -0.2) is 0 Å². The molecule has 0 spiro atoms. The van der Waals surface area contributed by atoms with Crippen molar-refractivity contribution < 1.29 is 9.90 Å². The molecule has 0 aliphatic carbocycles. The third kappa shape index (κ3) is 3.59. The Morgan fingerprint density at radius 1 is 1.25 bits per heavy atom. The highest BCUT2D eigenvalue weighted by Gasteiger charge is 2.11. The Balaban J connectivity index is 1.97. The first-order valence-electron chi connectivity index (χ1n) is 6.14. The van der Waals surface area contributed by atoms with E-state index in [1.807, 2.05) is 30.3 Å². The third-order valence-electron chi connectivity index (χ3n) is 2.90. The number of aliphatic hydroxyl groups excluding tert-OH is 1. The van der Waals surface area contributed by atoms with Crippen molar-refractivity contribution in [3.8, 4) is 0 Å². The van der Waals surface area contributed by atoms with Crippen LogP contribution >= 0.6 is 15.9 Å². The van der Waals surface area contributed by atoms with E-state index in [1.54, 1.807) is 18.2 Å². The number of benzene rings is 2. The van der Waals surface area contributed by atoms with Crippen LogP contribution in [0.15, 0.2) is 53.0 Å². The van der Waals surface area contributed by atoms with E-state index in [1.165, 1.54) is 0 Å². The van der Waals surface area contributed by atoms with E-state index in [2.05, 4.69) is 21.2 Å². The van der Waals surface area contributed by atoms with Crippen LogP contribution in [0.3, 0.4) is 0 Å². The molecule has 2 rings (SSSR count). The summed E-state index contributed by atoms with van der Waals surface area (Å²) in [5.74, 6) is -0.265. The van der Waals surface area contributed by atoms with Crippen LogP contribution < -0.4 is 11.1 Å². The fourth-order valence-electron chi connectivity index (χ4n) is 1.77. The number of nitrogen functional groups attached to an aromatic ring is 1. The number of hydrogen-bond acceptors (Lipinski definition) is 3. The fourth-order valence-corrected chi connectivity index (χ4v) is 2.02. The predicted molar refractivity (Wildman–Crippen MR) is 82.3 cm³/mol. The van der Waals surface area contributed by atoms with Crippen molar-refractivity contribution in [1.29, 1.82) is 0 Å². The Morgan fingerprint density at radius 3 is 2.60 bits per heavy atom. The van der Waals surface area contributed by atoms with Gasteiger partial charge in [-0.2, -0.15) is 0 Å². The second-order valence-electron chi connectivity index (χ2n) is 4.37. The zero-order valence-corrected chi connectivity index (χ0v) is 12.3. The first-order chi connectivity index (χ1) is 9.58. The molecule has 0 saturated heterocycles. The van der Waals surface area contributed by atoms with E-state index in [0.29, 0.717) is 11.3 Å². The van der Waals surface area contributed by atoms with Crippen LogP contribution in [0.1, 0.15) is 22.0 Å². The minimum atomic E-state index is -0.729. The maximum Gasteiger partial charge on any atom is 0.251 e. The number of halogens is 1. The number of nitrogens with two attached hydrogens (primary N) is 1. The Kier molecular flexibility index (Phi) is 4.76. The lowest BCUT2D eigenvalue weighted by Crippen LogP contribution is -2.28. The standard InChI is InChI=1S/C15H15BrN2O2/c16-12-7-6-11(8-13(12)17)15(20)18-9-14(19)10-4-2-1-3-5-10/h1-8,14,19H,9,17H2,(H,18,20). The molecule has 4 N–H and O–H groups in total. The van der Waals surface area contributed by atoms with Gasteiger partial charge in [-0.1, -0.05) is 30.3 Å². The van der Waals surface area contributed by atoms with Crippen molar-refractivity contribution in [2.45, 2.75) is 6.10 Å². The lowest BCUT2D eigenvalue weighted by molar-refractivity contribution is 0.0916. The minimum absolute atomic E-state index is 0.152. The fraction of sp³-hybridized carbons (Fsp3) is 0.133. The van der Waals surface area contributed by atoms with Gasteiger partial charge in [-0.15, -0.1) is 0 Å². The number of carbonyl (C=O) groups excluding carboxylic acids is 1. The first kappa shape index (κ1) is 14.6. The molecule has 1 atom stereocenters. The monoisotopic (exact) mass is 334 g/mol. The van der Waals surface area contributed by atoms with Crippen LogP contribution in [-0.4, -0.2) is 17.6 Å².